The predicted octanol–water partition coefficient (Wildman–Crippen LogP) is 14.2. The fourth-order valence-electron chi connectivity index (χ4n) is 9.69. The van der Waals surface area contributed by atoms with Gasteiger partial charge in [-0.05, 0) is 66.7 Å². The molecule has 0 aliphatic carbocycles. The van der Waals surface area contributed by atoms with Gasteiger partial charge in [0.15, 0.2) is 17.5 Å². The molecule has 0 radical (unpaired) electrons. The Morgan fingerprint density at radius 2 is 0.556 bits per heavy atom. The van der Waals surface area contributed by atoms with Crippen molar-refractivity contribution in [1.29, 1.82) is 0 Å². The summed E-state index contributed by atoms with van der Waals surface area (Å²) in [7, 11) is 0. The van der Waals surface area contributed by atoms with Crippen LogP contribution in [0.25, 0.3) is 117 Å². The quantitative estimate of drug-likeness (QED) is 0.168. The highest BCUT2D eigenvalue weighted by molar-refractivity contribution is 6.15. The first kappa shape index (κ1) is 35.2. The van der Waals surface area contributed by atoms with E-state index in [-0.39, 0.29) is 0 Å². The molecule has 0 unspecified atom stereocenters. The zero-order chi connectivity index (χ0) is 41.4. The minimum Gasteiger partial charge on any atom is -0.309 e. The number of nitrogens with zero attached hydrogens (tertiary/aromatic N) is 6. The topological polar surface area (TPSA) is 53.5 Å². The highest BCUT2D eigenvalue weighted by atomic mass is 15.1. The monoisotopic (exact) mass is 804 g/mol. The van der Waals surface area contributed by atoms with Gasteiger partial charge >= 0.3 is 0 Å². The summed E-state index contributed by atoms with van der Waals surface area (Å²) in [5, 5.41) is 7.27. The molecule has 63 heavy (non-hydrogen) atoms. The molecule has 0 fully saturated rings. The van der Waals surface area contributed by atoms with Crippen molar-refractivity contribution in [3.63, 3.8) is 0 Å². The third-order valence-corrected chi connectivity index (χ3v) is 12.5. The first-order valence-electron chi connectivity index (χ1n) is 21.3. The average molecular weight is 805 g/mol. The molecule has 6 nitrogen and oxygen atoms in total. The Kier molecular flexibility index (Phi) is 7.80. The van der Waals surface area contributed by atoms with E-state index in [2.05, 4.69) is 171 Å². The lowest BCUT2D eigenvalue weighted by Gasteiger charge is -2.18. The molecular weight excluding hydrogens is 769 g/mol. The number of rotatable bonds is 6. The lowest BCUT2D eigenvalue weighted by Crippen LogP contribution is -2.04. The van der Waals surface area contributed by atoms with E-state index in [4.69, 9.17) is 15.0 Å². The molecule has 13 rings (SSSR count). The first-order valence-corrected chi connectivity index (χ1v) is 21.3. The molecule has 6 heteroatoms. The van der Waals surface area contributed by atoms with Crippen LogP contribution in [0.5, 0.6) is 0 Å². The maximum atomic E-state index is 5.02. The smallest absolute Gasteiger partial charge is 0.164 e. The highest BCUT2D eigenvalue weighted by Gasteiger charge is 2.23. The van der Waals surface area contributed by atoms with E-state index >= 15 is 0 Å². The van der Waals surface area contributed by atoms with E-state index in [1.54, 1.807) is 0 Å². The molecule has 13 aromatic rings. The van der Waals surface area contributed by atoms with Gasteiger partial charge in [0, 0.05) is 54.7 Å². The van der Waals surface area contributed by atoms with Crippen LogP contribution in [0.15, 0.2) is 218 Å². The van der Waals surface area contributed by atoms with Gasteiger partial charge in [0.25, 0.3) is 0 Å². The van der Waals surface area contributed by atoms with Crippen LogP contribution < -0.4 is 0 Å². The molecule has 0 N–H and O–H groups in total. The van der Waals surface area contributed by atoms with Crippen LogP contribution in [-0.4, -0.2) is 28.7 Å². The summed E-state index contributed by atoms with van der Waals surface area (Å²) >= 11 is 0. The van der Waals surface area contributed by atoms with Crippen molar-refractivity contribution in [2.24, 2.45) is 0 Å². The Morgan fingerprint density at radius 1 is 0.238 bits per heavy atom. The van der Waals surface area contributed by atoms with E-state index in [1.165, 1.54) is 43.4 Å². The number of para-hydroxylation sites is 5. The van der Waals surface area contributed by atoms with Gasteiger partial charge in [0.05, 0.1) is 44.5 Å². The predicted molar refractivity (Wildman–Crippen MR) is 259 cm³/mol. The number of fused-ring (bicyclic) bond motifs is 9. The number of benzene rings is 9. The summed E-state index contributed by atoms with van der Waals surface area (Å²) in [6.45, 7) is 0. The van der Waals surface area contributed by atoms with Gasteiger partial charge < -0.3 is 13.7 Å². The van der Waals surface area contributed by atoms with E-state index in [1.807, 2.05) is 60.7 Å². The van der Waals surface area contributed by atoms with Crippen LogP contribution in [-0.2, 0) is 0 Å². The molecule has 0 spiro atoms. The minimum absolute atomic E-state index is 0.626. The Labute approximate surface area is 362 Å². The van der Waals surface area contributed by atoms with Crippen molar-refractivity contribution in [3.05, 3.63) is 218 Å². The molecule has 0 saturated carbocycles. The molecule has 4 heterocycles. The number of hydrogen-bond acceptors (Lipinski definition) is 3. The minimum atomic E-state index is 0.626. The standard InChI is InChI=1S/C57H36N6/c1-3-17-37(18-4-1)55-58-56(38-19-5-2-6-20-38)60-57(59-55)39-31-33-40(34-32-39)61-47-26-12-11-25-45(47)46-35-53(62-48-27-13-7-21-41(48)42-22-8-14-28-49(42)62)54(36-52(46)61)63-50-29-15-9-23-43(50)44-24-10-16-30-51(44)63/h1-36H. The van der Waals surface area contributed by atoms with Crippen LogP contribution in [0.1, 0.15) is 0 Å². The summed E-state index contributed by atoms with van der Waals surface area (Å²) < 4.78 is 7.33. The summed E-state index contributed by atoms with van der Waals surface area (Å²) in [6.07, 6.45) is 0. The number of aromatic nitrogens is 6. The molecule has 0 atom stereocenters. The van der Waals surface area contributed by atoms with Gasteiger partial charge in [0.1, 0.15) is 0 Å². The Morgan fingerprint density at radius 3 is 0.968 bits per heavy atom. The van der Waals surface area contributed by atoms with Crippen LogP contribution in [0.2, 0.25) is 0 Å². The van der Waals surface area contributed by atoms with Crippen molar-refractivity contribution >= 4 is 65.4 Å². The van der Waals surface area contributed by atoms with Crippen molar-refractivity contribution in [2.45, 2.75) is 0 Å². The number of hydrogen-bond donors (Lipinski definition) is 0. The lowest BCUT2D eigenvalue weighted by atomic mass is 10.1. The molecule has 0 saturated heterocycles. The largest absolute Gasteiger partial charge is 0.309 e. The molecule has 0 amide bonds. The Bertz CT molecular complexity index is 3730. The van der Waals surface area contributed by atoms with Gasteiger partial charge in [-0.15, -0.1) is 0 Å². The second-order valence-electron chi connectivity index (χ2n) is 16.0. The van der Waals surface area contributed by atoms with Crippen LogP contribution in [0.4, 0.5) is 0 Å². The van der Waals surface area contributed by atoms with Crippen molar-refractivity contribution < 1.29 is 0 Å². The fourth-order valence-corrected chi connectivity index (χ4v) is 9.69. The second-order valence-corrected chi connectivity index (χ2v) is 16.0. The maximum Gasteiger partial charge on any atom is 0.164 e. The van der Waals surface area contributed by atoms with Gasteiger partial charge in [-0.2, -0.15) is 0 Å². The van der Waals surface area contributed by atoms with E-state index < -0.39 is 0 Å². The van der Waals surface area contributed by atoms with Crippen molar-refractivity contribution in [3.8, 4) is 51.2 Å². The molecule has 294 valence electrons. The molecule has 4 aromatic heterocycles. The van der Waals surface area contributed by atoms with Gasteiger partial charge in [-0.25, -0.2) is 15.0 Å². The fraction of sp³-hybridized carbons (Fsp3) is 0. The van der Waals surface area contributed by atoms with E-state index in [9.17, 15) is 0 Å². The Hall–Kier alpha value is -8.61. The second kappa shape index (κ2) is 14.0. The van der Waals surface area contributed by atoms with Crippen molar-refractivity contribution in [1.82, 2.24) is 28.7 Å². The first-order chi connectivity index (χ1) is 31.3. The van der Waals surface area contributed by atoms with E-state index in [0.717, 1.165) is 55.8 Å². The molecular formula is C57H36N6. The summed E-state index contributed by atoms with van der Waals surface area (Å²) in [6, 6.07) is 77.6. The zero-order valence-electron chi connectivity index (χ0n) is 34.0. The lowest BCUT2D eigenvalue weighted by molar-refractivity contribution is 1.07. The third kappa shape index (κ3) is 5.48. The molecule has 9 aromatic carbocycles. The Balaban J connectivity index is 1.07. The maximum absolute atomic E-state index is 5.02. The third-order valence-electron chi connectivity index (χ3n) is 12.5. The normalized spacial score (nSPS) is 11.8. The van der Waals surface area contributed by atoms with Crippen LogP contribution >= 0.6 is 0 Å². The van der Waals surface area contributed by atoms with Crippen molar-refractivity contribution in [2.75, 3.05) is 0 Å². The van der Waals surface area contributed by atoms with Gasteiger partial charge in [-0.3, -0.25) is 0 Å². The average Bonchev–Trinajstić information content (AvgIpc) is 3.99. The van der Waals surface area contributed by atoms with Crippen LogP contribution in [0, 0.1) is 0 Å². The SMILES string of the molecule is c1ccc(-c2nc(-c3ccccc3)nc(-c3ccc(-n4c5ccccc5c5cc(-n6c7ccccc7c7ccccc76)c(-n6c7ccccc7c7ccccc76)cc54)cc3)n2)cc1. The van der Waals surface area contributed by atoms with Gasteiger partial charge in [0.2, 0.25) is 0 Å². The zero-order valence-corrected chi connectivity index (χ0v) is 34.0. The molecule has 0 aliphatic rings. The molecule has 0 bridgehead atoms. The van der Waals surface area contributed by atoms with Gasteiger partial charge in [-0.1, -0.05) is 152 Å². The molecule has 0 aliphatic heterocycles. The van der Waals surface area contributed by atoms with E-state index in [0.29, 0.717) is 17.5 Å². The highest BCUT2D eigenvalue weighted by Crippen LogP contribution is 2.42. The van der Waals surface area contributed by atoms with Crippen LogP contribution in [0.3, 0.4) is 0 Å². The summed E-state index contributed by atoms with van der Waals surface area (Å²) in [5.41, 5.74) is 13.0. The summed E-state index contributed by atoms with van der Waals surface area (Å²) in [4.78, 5) is 15.0. The summed E-state index contributed by atoms with van der Waals surface area (Å²) in [5.74, 6) is 1.91.